The van der Waals surface area contributed by atoms with Crippen LogP contribution in [0, 0.1) is 22.7 Å². The molecule has 2 fully saturated rings. The van der Waals surface area contributed by atoms with Gasteiger partial charge in [-0.05, 0) is 127 Å². The van der Waals surface area contributed by atoms with Crippen LogP contribution in [0.2, 0.25) is 0 Å². The average molecular weight is 601 g/mol. The third kappa shape index (κ3) is 5.06. The molecule has 2 aromatic rings. The van der Waals surface area contributed by atoms with Crippen LogP contribution in [-0.4, -0.2) is 24.5 Å². The number of hydrogen-bond acceptors (Lipinski definition) is 6. The van der Waals surface area contributed by atoms with Crippen molar-refractivity contribution in [1.29, 1.82) is 0 Å². The molecule has 2 saturated carbocycles. The van der Waals surface area contributed by atoms with Crippen LogP contribution in [0.4, 0.5) is 0 Å². The Hall–Kier alpha value is -3.15. The minimum atomic E-state index is -0.575. The van der Waals surface area contributed by atoms with Gasteiger partial charge in [-0.3, -0.25) is 14.4 Å². The lowest BCUT2D eigenvalue weighted by molar-refractivity contribution is -0.171. The normalized spacial score (nSPS) is 34.0. The van der Waals surface area contributed by atoms with Crippen LogP contribution in [0.25, 0.3) is 0 Å². The van der Waals surface area contributed by atoms with Gasteiger partial charge >= 0.3 is 17.9 Å². The first-order valence-electron chi connectivity index (χ1n) is 16.6. The van der Waals surface area contributed by atoms with Crippen molar-refractivity contribution in [2.24, 2.45) is 22.7 Å². The molecule has 0 spiro atoms. The fourth-order valence-electron chi connectivity index (χ4n) is 10.3. The van der Waals surface area contributed by atoms with E-state index in [2.05, 4.69) is 45.9 Å². The summed E-state index contributed by atoms with van der Waals surface area (Å²) in [5.41, 5.74) is 4.17. The molecule has 4 aliphatic carbocycles. The van der Waals surface area contributed by atoms with Crippen LogP contribution in [0.1, 0.15) is 115 Å². The third-order valence-corrected chi connectivity index (χ3v) is 12.3. The van der Waals surface area contributed by atoms with Gasteiger partial charge < -0.3 is 14.2 Å². The highest BCUT2D eigenvalue weighted by Gasteiger charge is 2.57. The lowest BCUT2D eigenvalue weighted by atomic mass is 9.49. The zero-order chi connectivity index (χ0) is 31.5. The van der Waals surface area contributed by atoms with Crippen molar-refractivity contribution in [1.82, 2.24) is 0 Å². The molecule has 6 heteroatoms. The maximum Gasteiger partial charge on any atom is 0.312 e. The third-order valence-electron chi connectivity index (χ3n) is 12.3. The van der Waals surface area contributed by atoms with Gasteiger partial charge in [-0.2, -0.15) is 0 Å². The van der Waals surface area contributed by atoms with E-state index in [0.717, 1.165) is 64.2 Å². The Kier molecular flexibility index (Phi) is 7.73. The summed E-state index contributed by atoms with van der Waals surface area (Å²) in [6, 6.07) is 12.1. The highest BCUT2D eigenvalue weighted by atomic mass is 16.5. The highest BCUT2D eigenvalue weighted by Crippen LogP contribution is 2.60. The van der Waals surface area contributed by atoms with Gasteiger partial charge in [-0.25, -0.2) is 0 Å². The van der Waals surface area contributed by atoms with Gasteiger partial charge in [0.2, 0.25) is 0 Å². The fourth-order valence-corrected chi connectivity index (χ4v) is 10.3. The number of benzene rings is 2. The van der Waals surface area contributed by atoms with E-state index in [1.54, 1.807) is 0 Å². The quantitative estimate of drug-likeness (QED) is 0.257. The average Bonchev–Trinajstić information content (AvgIpc) is 2.95. The topological polar surface area (TPSA) is 78.9 Å². The van der Waals surface area contributed by atoms with Crippen molar-refractivity contribution in [2.75, 3.05) is 6.61 Å². The summed E-state index contributed by atoms with van der Waals surface area (Å²) in [7, 11) is 0. The van der Waals surface area contributed by atoms with E-state index >= 15 is 0 Å². The Morgan fingerprint density at radius 2 is 1.20 bits per heavy atom. The van der Waals surface area contributed by atoms with Crippen molar-refractivity contribution in [2.45, 2.75) is 117 Å². The lowest BCUT2D eigenvalue weighted by Crippen LogP contribution is -2.54. The van der Waals surface area contributed by atoms with Crippen molar-refractivity contribution < 1.29 is 28.6 Å². The molecule has 0 bridgehead atoms. The Morgan fingerprint density at radius 3 is 1.75 bits per heavy atom. The summed E-state index contributed by atoms with van der Waals surface area (Å²) in [5.74, 6) is 1.02. The molecule has 0 saturated heterocycles. The van der Waals surface area contributed by atoms with Crippen molar-refractivity contribution >= 4 is 17.9 Å². The number of carbonyl (C=O) groups is 3. The second kappa shape index (κ2) is 11.0. The molecule has 6 unspecified atom stereocenters. The van der Waals surface area contributed by atoms with Crippen molar-refractivity contribution in [3.8, 4) is 11.5 Å². The Labute approximate surface area is 262 Å². The Morgan fingerprint density at radius 1 is 0.705 bits per heavy atom. The number of ether oxygens (including phenoxy) is 3. The summed E-state index contributed by atoms with van der Waals surface area (Å²) < 4.78 is 17.4. The SMILES string of the molecule is CC(=O)Oc1ccc2c(c1)C1(C)CCCC(C)(COC(=O)C3(C)CCCC4(C)c5cc(OC(C)=O)ccc5CCC34)C1CC2. The number of aryl methyl sites for hydroxylation is 2. The lowest BCUT2D eigenvalue weighted by Gasteiger charge is -2.56. The zero-order valence-electron chi connectivity index (χ0n) is 27.3. The van der Waals surface area contributed by atoms with E-state index in [1.165, 1.54) is 36.1 Å². The van der Waals surface area contributed by atoms with Gasteiger partial charge in [0.1, 0.15) is 11.5 Å². The van der Waals surface area contributed by atoms with Crippen LogP contribution in [0.15, 0.2) is 36.4 Å². The summed E-state index contributed by atoms with van der Waals surface area (Å²) in [6.07, 6.45) is 9.85. The first kappa shape index (κ1) is 30.9. The van der Waals surface area contributed by atoms with Crippen molar-refractivity contribution in [3.05, 3.63) is 58.7 Å². The standard InChI is InChI=1S/C38H48O6/c1-24(39)43-28-13-9-26-11-15-32-35(3,17-7-18-36(32,4)30(26)21-28)23-42-34(41)38(6)20-8-19-37(5)31-22-29(44-25(2)40)14-10-27(31)12-16-33(37)38/h9-10,13-14,21-22,32-33H,7-8,11-12,15-20,23H2,1-6H3. The number of rotatable bonds is 5. The maximum atomic E-state index is 14.3. The molecular weight excluding hydrogens is 552 g/mol. The van der Waals surface area contributed by atoms with Gasteiger partial charge in [0.25, 0.3) is 0 Å². The van der Waals surface area contributed by atoms with Crippen LogP contribution < -0.4 is 9.47 Å². The molecule has 44 heavy (non-hydrogen) atoms. The van der Waals surface area contributed by atoms with Crippen LogP contribution in [-0.2, 0) is 42.8 Å². The van der Waals surface area contributed by atoms with Gasteiger partial charge in [-0.15, -0.1) is 0 Å². The predicted octanol–water partition coefficient (Wildman–Crippen LogP) is 7.80. The summed E-state index contributed by atoms with van der Waals surface area (Å²) >= 11 is 0. The van der Waals surface area contributed by atoms with Gasteiger partial charge in [-0.1, -0.05) is 45.7 Å². The zero-order valence-corrected chi connectivity index (χ0v) is 27.3. The molecule has 6 atom stereocenters. The second-order valence-corrected chi connectivity index (χ2v) is 15.2. The molecule has 2 aromatic carbocycles. The molecule has 6 rings (SSSR count). The molecular formula is C38H48O6. The minimum Gasteiger partial charge on any atom is -0.465 e. The van der Waals surface area contributed by atoms with E-state index in [0.29, 0.717) is 24.0 Å². The molecule has 0 aliphatic heterocycles. The largest absolute Gasteiger partial charge is 0.465 e. The van der Waals surface area contributed by atoms with E-state index in [1.807, 2.05) is 18.2 Å². The monoisotopic (exact) mass is 600 g/mol. The molecule has 0 N–H and O–H groups in total. The summed E-state index contributed by atoms with van der Waals surface area (Å²) in [5, 5.41) is 0. The van der Waals surface area contributed by atoms with Gasteiger partial charge in [0.15, 0.2) is 0 Å². The van der Waals surface area contributed by atoms with Crippen molar-refractivity contribution in [3.63, 3.8) is 0 Å². The van der Waals surface area contributed by atoms with E-state index in [4.69, 9.17) is 14.2 Å². The summed E-state index contributed by atoms with van der Waals surface area (Å²) in [4.78, 5) is 37.6. The number of fused-ring (bicyclic) bond motifs is 6. The van der Waals surface area contributed by atoms with E-state index in [-0.39, 0.29) is 40.1 Å². The molecule has 0 heterocycles. The molecule has 4 aliphatic rings. The van der Waals surface area contributed by atoms with Gasteiger partial charge in [0.05, 0.1) is 12.0 Å². The molecule has 236 valence electrons. The molecule has 6 nitrogen and oxygen atoms in total. The Bertz CT molecular complexity index is 1490. The fraction of sp³-hybridized carbons (Fsp3) is 0.605. The minimum absolute atomic E-state index is 0.0603. The number of esters is 3. The predicted molar refractivity (Wildman–Crippen MR) is 169 cm³/mol. The maximum absolute atomic E-state index is 14.3. The number of carbonyl (C=O) groups excluding carboxylic acids is 3. The molecule has 0 aromatic heterocycles. The van der Waals surface area contributed by atoms with E-state index in [9.17, 15) is 14.4 Å². The first-order valence-corrected chi connectivity index (χ1v) is 16.6. The van der Waals surface area contributed by atoms with Crippen LogP contribution >= 0.6 is 0 Å². The van der Waals surface area contributed by atoms with E-state index < -0.39 is 5.41 Å². The Balaban J connectivity index is 1.23. The van der Waals surface area contributed by atoms with Crippen LogP contribution in [0.5, 0.6) is 11.5 Å². The smallest absolute Gasteiger partial charge is 0.312 e. The molecule has 0 amide bonds. The molecule has 0 radical (unpaired) electrons. The van der Waals surface area contributed by atoms with Crippen LogP contribution in [0.3, 0.4) is 0 Å². The second-order valence-electron chi connectivity index (χ2n) is 15.2. The number of hydrogen-bond donors (Lipinski definition) is 0. The first-order chi connectivity index (χ1) is 20.8. The summed E-state index contributed by atoms with van der Waals surface area (Å²) in [6.45, 7) is 12.4. The highest BCUT2D eigenvalue weighted by molar-refractivity contribution is 5.78. The van der Waals surface area contributed by atoms with Gasteiger partial charge in [0, 0.05) is 19.3 Å².